The maximum absolute atomic E-state index is 11.2. The zero-order valence-corrected chi connectivity index (χ0v) is 9.39. The summed E-state index contributed by atoms with van der Waals surface area (Å²) in [4.78, 5) is 11.2. The minimum atomic E-state index is -0.344. The van der Waals surface area contributed by atoms with Gasteiger partial charge >= 0.3 is 5.97 Å². The molecule has 1 aromatic rings. The molecule has 1 rings (SSSR count). The van der Waals surface area contributed by atoms with E-state index in [0.717, 1.165) is 5.56 Å². The van der Waals surface area contributed by atoms with E-state index in [1.807, 2.05) is 37.3 Å². The summed E-state index contributed by atoms with van der Waals surface area (Å²) < 4.78 is 9.96. The van der Waals surface area contributed by atoms with Crippen molar-refractivity contribution in [2.75, 3.05) is 19.8 Å². The maximum atomic E-state index is 11.2. The van der Waals surface area contributed by atoms with E-state index in [4.69, 9.17) is 9.47 Å². The lowest BCUT2D eigenvalue weighted by Crippen LogP contribution is -2.08. The van der Waals surface area contributed by atoms with E-state index in [9.17, 15) is 4.79 Å². The fourth-order valence-corrected chi connectivity index (χ4v) is 1.12. The summed E-state index contributed by atoms with van der Waals surface area (Å²) in [5.74, 6) is -0.344. The van der Waals surface area contributed by atoms with Gasteiger partial charge < -0.3 is 9.47 Å². The van der Waals surface area contributed by atoms with Gasteiger partial charge in [-0.05, 0) is 18.6 Å². The third-order valence-electron chi connectivity index (χ3n) is 1.89. The monoisotopic (exact) mass is 220 g/mol. The maximum Gasteiger partial charge on any atom is 0.330 e. The van der Waals surface area contributed by atoms with Crippen LogP contribution in [0.25, 0.3) is 6.08 Å². The SMILES string of the molecule is CCOCCOC(=O)/C=C/c1ccccc1. The number of carbonyl (C=O) groups excluding carboxylic acids is 1. The van der Waals surface area contributed by atoms with Crippen LogP contribution in [0.1, 0.15) is 12.5 Å². The van der Waals surface area contributed by atoms with Crippen molar-refractivity contribution < 1.29 is 14.3 Å². The van der Waals surface area contributed by atoms with Crippen molar-refractivity contribution in [1.29, 1.82) is 0 Å². The minimum absolute atomic E-state index is 0.297. The van der Waals surface area contributed by atoms with Crippen molar-refractivity contribution in [3.8, 4) is 0 Å². The van der Waals surface area contributed by atoms with Crippen LogP contribution in [-0.2, 0) is 14.3 Å². The summed E-state index contributed by atoms with van der Waals surface area (Å²) in [6, 6.07) is 9.60. The molecule has 0 atom stereocenters. The Kier molecular flexibility index (Phi) is 5.96. The second-order valence-corrected chi connectivity index (χ2v) is 3.11. The van der Waals surface area contributed by atoms with Gasteiger partial charge in [-0.15, -0.1) is 0 Å². The molecule has 16 heavy (non-hydrogen) atoms. The number of ether oxygens (including phenoxy) is 2. The molecule has 0 aliphatic carbocycles. The molecule has 0 N–H and O–H groups in total. The van der Waals surface area contributed by atoms with E-state index in [1.54, 1.807) is 6.08 Å². The van der Waals surface area contributed by atoms with E-state index in [-0.39, 0.29) is 5.97 Å². The predicted molar refractivity (Wildman–Crippen MR) is 62.9 cm³/mol. The van der Waals surface area contributed by atoms with Crippen LogP contribution < -0.4 is 0 Å². The highest BCUT2D eigenvalue weighted by atomic mass is 16.6. The highest BCUT2D eigenvalue weighted by molar-refractivity contribution is 5.86. The highest BCUT2D eigenvalue weighted by Crippen LogP contribution is 2.00. The molecular weight excluding hydrogens is 204 g/mol. The average Bonchev–Trinajstić information content (AvgIpc) is 2.33. The standard InChI is InChI=1S/C13H16O3/c1-2-15-10-11-16-13(14)9-8-12-6-4-3-5-7-12/h3-9H,2,10-11H2,1H3/b9-8+. The summed E-state index contributed by atoms with van der Waals surface area (Å²) in [5.41, 5.74) is 0.976. The molecule has 0 radical (unpaired) electrons. The van der Waals surface area contributed by atoms with Crippen LogP contribution in [0.5, 0.6) is 0 Å². The van der Waals surface area contributed by atoms with Gasteiger partial charge in [0.1, 0.15) is 6.61 Å². The molecule has 86 valence electrons. The van der Waals surface area contributed by atoms with Crippen molar-refractivity contribution in [2.24, 2.45) is 0 Å². The average molecular weight is 220 g/mol. The molecular formula is C13H16O3. The molecule has 0 aliphatic rings. The number of benzene rings is 1. The predicted octanol–water partition coefficient (Wildman–Crippen LogP) is 2.28. The van der Waals surface area contributed by atoms with E-state index in [2.05, 4.69) is 0 Å². The first-order valence-corrected chi connectivity index (χ1v) is 5.30. The van der Waals surface area contributed by atoms with Gasteiger partial charge in [0.25, 0.3) is 0 Å². The Hall–Kier alpha value is -1.61. The molecule has 0 unspecified atom stereocenters. The van der Waals surface area contributed by atoms with Crippen LogP contribution in [0.3, 0.4) is 0 Å². The van der Waals surface area contributed by atoms with E-state index >= 15 is 0 Å². The second-order valence-electron chi connectivity index (χ2n) is 3.11. The Balaban J connectivity index is 2.26. The minimum Gasteiger partial charge on any atom is -0.460 e. The summed E-state index contributed by atoms with van der Waals surface area (Å²) in [5, 5.41) is 0. The Morgan fingerprint density at radius 2 is 2.00 bits per heavy atom. The van der Waals surface area contributed by atoms with Crippen LogP contribution in [0.4, 0.5) is 0 Å². The fraction of sp³-hybridized carbons (Fsp3) is 0.308. The summed E-state index contributed by atoms with van der Waals surface area (Å²) in [6.45, 7) is 3.28. The number of hydrogen-bond acceptors (Lipinski definition) is 3. The lowest BCUT2D eigenvalue weighted by Gasteiger charge is -2.01. The van der Waals surface area contributed by atoms with Crippen LogP contribution >= 0.6 is 0 Å². The van der Waals surface area contributed by atoms with Crippen LogP contribution in [0.2, 0.25) is 0 Å². The van der Waals surface area contributed by atoms with Crippen LogP contribution in [0.15, 0.2) is 36.4 Å². The zero-order valence-electron chi connectivity index (χ0n) is 9.39. The van der Waals surface area contributed by atoms with E-state index in [1.165, 1.54) is 6.08 Å². The van der Waals surface area contributed by atoms with Gasteiger partial charge in [0.15, 0.2) is 0 Å². The van der Waals surface area contributed by atoms with Gasteiger partial charge in [0, 0.05) is 12.7 Å². The molecule has 0 spiro atoms. The lowest BCUT2D eigenvalue weighted by molar-refractivity contribution is -0.139. The van der Waals surface area contributed by atoms with Gasteiger partial charge in [-0.3, -0.25) is 0 Å². The third kappa shape index (κ3) is 5.32. The van der Waals surface area contributed by atoms with Crippen molar-refractivity contribution >= 4 is 12.0 Å². The van der Waals surface area contributed by atoms with Gasteiger partial charge in [0.2, 0.25) is 0 Å². The molecule has 0 amide bonds. The molecule has 0 bridgehead atoms. The first-order chi connectivity index (χ1) is 7.83. The number of carbonyl (C=O) groups is 1. The first-order valence-electron chi connectivity index (χ1n) is 5.30. The van der Waals surface area contributed by atoms with Gasteiger partial charge in [0.05, 0.1) is 6.61 Å². The molecule has 0 aliphatic heterocycles. The Morgan fingerprint density at radius 3 is 2.69 bits per heavy atom. The summed E-state index contributed by atoms with van der Waals surface area (Å²) >= 11 is 0. The quantitative estimate of drug-likeness (QED) is 0.419. The Morgan fingerprint density at radius 1 is 1.25 bits per heavy atom. The van der Waals surface area contributed by atoms with Crippen LogP contribution in [-0.4, -0.2) is 25.8 Å². The van der Waals surface area contributed by atoms with Crippen molar-refractivity contribution in [2.45, 2.75) is 6.92 Å². The Bertz CT molecular complexity index is 330. The van der Waals surface area contributed by atoms with Crippen molar-refractivity contribution in [3.05, 3.63) is 42.0 Å². The van der Waals surface area contributed by atoms with Gasteiger partial charge in [-0.25, -0.2) is 4.79 Å². The third-order valence-corrected chi connectivity index (χ3v) is 1.89. The molecule has 1 aromatic carbocycles. The van der Waals surface area contributed by atoms with Gasteiger partial charge in [-0.2, -0.15) is 0 Å². The summed E-state index contributed by atoms with van der Waals surface area (Å²) in [7, 11) is 0. The number of esters is 1. The fourth-order valence-electron chi connectivity index (χ4n) is 1.12. The molecule has 0 fully saturated rings. The summed E-state index contributed by atoms with van der Waals surface area (Å²) in [6.07, 6.45) is 3.14. The smallest absolute Gasteiger partial charge is 0.330 e. The Labute approximate surface area is 95.7 Å². The molecule has 0 saturated heterocycles. The highest BCUT2D eigenvalue weighted by Gasteiger charge is 1.95. The molecule has 0 heterocycles. The van der Waals surface area contributed by atoms with Crippen LogP contribution in [0, 0.1) is 0 Å². The van der Waals surface area contributed by atoms with Crippen molar-refractivity contribution in [1.82, 2.24) is 0 Å². The normalized spacial score (nSPS) is 10.6. The first kappa shape index (κ1) is 12.5. The van der Waals surface area contributed by atoms with E-state index in [0.29, 0.717) is 19.8 Å². The van der Waals surface area contributed by atoms with E-state index < -0.39 is 0 Å². The second kappa shape index (κ2) is 7.65. The largest absolute Gasteiger partial charge is 0.460 e. The molecule has 0 aromatic heterocycles. The molecule has 3 nitrogen and oxygen atoms in total. The molecule has 0 saturated carbocycles. The number of rotatable bonds is 6. The number of hydrogen-bond donors (Lipinski definition) is 0. The van der Waals surface area contributed by atoms with Crippen molar-refractivity contribution in [3.63, 3.8) is 0 Å². The zero-order chi connectivity index (χ0) is 11.6. The van der Waals surface area contributed by atoms with Gasteiger partial charge in [-0.1, -0.05) is 30.3 Å². The lowest BCUT2D eigenvalue weighted by atomic mass is 10.2. The molecule has 3 heteroatoms. The topological polar surface area (TPSA) is 35.5 Å².